The highest BCUT2D eigenvalue weighted by molar-refractivity contribution is 6.05. The van der Waals surface area contributed by atoms with Crippen LogP contribution < -0.4 is 5.32 Å². The first-order valence-electron chi connectivity index (χ1n) is 9.01. The number of carbonyl (C=O) groups is 1. The van der Waals surface area contributed by atoms with Crippen molar-refractivity contribution in [3.8, 4) is 0 Å². The molecule has 3 rings (SSSR count). The molecule has 0 atom stereocenters. The molecule has 1 fully saturated rings. The summed E-state index contributed by atoms with van der Waals surface area (Å²) >= 11 is 0. The number of amides is 1. The Balaban J connectivity index is 1.61. The molecule has 142 valence electrons. The van der Waals surface area contributed by atoms with Crippen molar-refractivity contribution >= 4 is 11.6 Å². The third kappa shape index (κ3) is 4.50. The Morgan fingerprint density at radius 2 is 1.96 bits per heavy atom. The number of carbonyl (C=O) groups excluding carboxylic acids is 1. The van der Waals surface area contributed by atoms with Gasteiger partial charge in [-0.1, -0.05) is 20.8 Å². The number of anilines is 1. The third-order valence-electron chi connectivity index (χ3n) is 4.42. The minimum absolute atomic E-state index is 0.157. The van der Waals surface area contributed by atoms with Gasteiger partial charge in [-0.2, -0.15) is 10.2 Å². The molecule has 1 saturated heterocycles. The summed E-state index contributed by atoms with van der Waals surface area (Å²) in [5, 5.41) is 11.7. The molecule has 1 aliphatic rings. The maximum Gasteiger partial charge on any atom is 0.259 e. The van der Waals surface area contributed by atoms with E-state index in [4.69, 9.17) is 4.74 Å². The number of aryl methyl sites for hydroxylation is 1. The lowest BCUT2D eigenvalue weighted by Crippen LogP contribution is -2.38. The maximum absolute atomic E-state index is 12.7. The van der Waals surface area contributed by atoms with E-state index >= 15 is 0 Å². The fraction of sp³-hybridized carbons (Fsp3) is 0.611. The monoisotopic (exact) mass is 360 g/mol. The van der Waals surface area contributed by atoms with E-state index in [2.05, 4.69) is 41.2 Å². The Bertz CT molecular complexity index is 752. The zero-order valence-corrected chi connectivity index (χ0v) is 16.0. The predicted octanol–water partition coefficient (Wildman–Crippen LogP) is 1.50. The minimum atomic E-state index is -0.198. The maximum atomic E-state index is 12.7. The molecule has 1 amide bonds. The molecule has 0 aliphatic carbocycles. The predicted molar refractivity (Wildman–Crippen MR) is 99.3 cm³/mol. The summed E-state index contributed by atoms with van der Waals surface area (Å²) in [7, 11) is 1.83. The average molecular weight is 360 g/mol. The van der Waals surface area contributed by atoms with Crippen LogP contribution in [-0.4, -0.2) is 63.2 Å². The normalized spacial score (nSPS) is 16.0. The van der Waals surface area contributed by atoms with Crippen molar-refractivity contribution in [3.05, 3.63) is 29.8 Å². The standard InChI is InChI=1S/C18H28N6O2/c1-18(2,3)16-15(13-22(4)21-16)17(25)20-14-11-19-24(12-14)6-5-23-7-9-26-10-8-23/h11-13H,5-10H2,1-4H3,(H,20,25). The summed E-state index contributed by atoms with van der Waals surface area (Å²) in [6, 6.07) is 0. The lowest BCUT2D eigenvalue weighted by molar-refractivity contribution is 0.0360. The van der Waals surface area contributed by atoms with Crippen LogP contribution in [0.2, 0.25) is 0 Å². The second-order valence-corrected chi connectivity index (χ2v) is 7.72. The molecule has 2 aromatic rings. The smallest absolute Gasteiger partial charge is 0.259 e. The van der Waals surface area contributed by atoms with Crippen LogP contribution in [0.1, 0.15) is 36.8 Å². The summed E-state index contributed by atoms with van der Waals surface area (Å²) in [5.41, 5.74) is 1.88. The molecule has 0 unspecified atom stereocenters. The zero-order chi connectivity index (χ0) is 18.7. The number of aromatic nitrogens is 4. The van der Waals surface area contributed by atoms with Crippen LogP contribution in [-0.2, 0) is 23.7 Å². The van der Waals surface area contributed by atoms with Crippen molar-refractivity contribution in [1.29, 1.82) is 0 Å². The average Bonchev–Trinajstić information content (AvgIpc) is 3.20. The summed E-state index contributed by atoms with van der Waals surface area (Å²) in [5.74, 6) is -0.157. The molecule has 0 bridgehead atoms. The molecule has 2 aromatic heterocycles. The lowest BCUT2D eigenvalue weighted by Gasteiger charge is -2.26. The molecular weight excluding hydrogens is 332 g/mol. The van der Waals surface area contributed by atoms with Gasteiger partial charge < -0.3 is 10.1 Å². The quantitative estimate of drug-likeness (QED) is 0.874. The topological polar surface area (TPSA) is 77.2 Å². The van der Waals surface area contributed by atoms with Crippen molar-refractivity contribution in [1.82, 2.24) is 24.5 Å². The lowest BCUT2D eigenvalue weighted by atomic mass is 9.89. The van der Waals surface area contributed by atoms with Crippen LogP contribution in [0.4, 0.5) is 5.69 Å². The van der Waals surface area contributed by atoms with E-state index in [9.17, 15) is 4.79 Å². The molecule has 1 aliphatic heterocycles. The summed E-state index contributed by atoms with van der Waals surface area (Å²) in [6.07, 6.45) is 5.31. The first-order valence-corrected chi connectivity index (χ1v) is 9.01. The van der Waals surface area contributed by atoms with Gasteiger partial charge in [0.05, 0.1) is 42.9 Å². The summed E-state index contributed by atoms with van der Waals surface area (Å²) in [4.78, 5) is 15.0. The van der Waals surface area contributed by atoms with Crippen molar-refractivity contribution < 1.29 is 9.53 Å². The number of hydrogen-bond donors (Lipinski definition) is 1. The molecule has 8 heteroatoms. The molecule has 0 saturated carbocycles. The van der Waals surface area contributed by atoms with Crippen LogP contribution in [0.25, 0.3) is 0 Å². The fourth-order valence-corrected chi connectivity index (χ4v) is 3.03. The largest absolute Gasteiger partial charge is 0.379 e. The van der Waals surface area contributed by atoms with Gasteiger partial charge >= 0.3 is 0 Å². The Morgan fingerprint density at radius 1 is 1.23 bits per heavy atom. The summed E-state index contributed by atoms with van der Waals surface area (Å²) in [6.45, 7) is 11.4. The summed E-state index contributed by atoms with van der Waals surface area (Å²) < 4.78 is 8.90. The van der Waals surface area contributed by atoms with Crippen molar-refractivity contribution in [2.24, 2.45) is 7.05 Å². The van der Waals surface area contributed by atoms with Crippen LogP contribution in [0.5, 0.6) is 0 Å². The van der Waals surface area contributed by atoms with Crippen LogP contribution >= 0.6 is 0 Å². The first-order chi connectivity index (χ1) is 12.3. The number of hydrogen-bond acceptors (Lipinski definition) is 5. The van der Waals surface area contributed by atoms with Gasteiger partial charge in [0.15, 0.2) is 0 Å². The van der Waals surface area contributed by atoms with Crippen molar-refractivity contribution in [2.75, 3.05) is 38.2 Å². The van der Waals surface area contributed by atoms with Crippen molar-refractivity contribution in [3.63, 3.8) is 0 Å². The van der Waals surface area contributed by atoms with Gasteiger partial charge in [0.2, 0.25) is 0 Å². The van der Waals surface area contributed by atoms with E-state index < -0.39 is 0 Å². The highest BCUT2D eigenvalue weighted by atomic mass is 16.5. The highest BCUT2D eigenvalue weighted by Gasteiger charge is 2.25. The molecule has 1 N–H and O–H groups in total. The van der Waals surface area contributed by atoms with E-state index in [1.165, 1.54) is 0 Å². The van der Waals surface area contributed by atoms with Gasteiger partial charge in [0.1, 0.15) is 0 Å². The highest BCUT2D eigenvalue weighted by Crippen LogP contribution is 2.24. The molecule has 0 aromatic carbocycles. The van der Waals surface area contributed by atoms with Gasteiger partial charge in [-0.15, -0.1) is 0 Å². The number of rotatable bonds is 5. The number of nitrogens with zero attached hydrogens (tertiary/aromatic N) is 5. The third-order valence-corrected chi connectivity index (χ3v) is 4.42. The van der Waals surface area contributed by atoms with Gasteiger partial charge in [-0.05, 0) is 0 Å². The minimum Gasteiger partial charge on any atom is -0.379 e. The zero-order valence-electron chi connectivity index (χ0n) is 16.0. The molecule has 26 heavy (non-hydrogen) atoms. The number of ether oxygens (including phenoxy) is 1. The first kappa shape index (κ1) is 18.6. The molecular formula is C18H28N6O2. The Hall–Kier alpha value is -2.19. The fourth-order valence-electron chi connectivity index (χ4n) is 3.03. The molecule has 0 radical (unpaired) electrons. The van der Waals surface area contributed by atoms with Gasteiger partial charge in [-0.3, -0.25) is 19.1 Å². The molecule has 8 nitrogen and oxygen atoms in total. The van der Waals surface area contributed by atoms with E-state index in [1.807, 2.05) is 17.9 Å². The Morgan fingerprint density at radius 3 is 2.65 bits per heavy atom. The molecule has 0 spiro atoms. The SMILES string of the molecule is Cn1cc(C(=O)Nc2cnn(CCN3CCOCC3)c2)c(C(C)(C)C)n1. The van der Waals surface area contributed by atoms with Gasteiger partial charge in [0.25, 0.3) is 5.91 Å². The van der Waals surface area contributed by atoms with Crippen molar-refractivity contribution in [2.45, 2.75) is 32.7 Å². The Labute approximate surface area is 154 Å². The van der Waals surface area contributed by atoms with E-state index in [1.54, 1.807) is 17.1 Å². The molecule has 3 heterocycles. The van der Waals surface area contributed by atoms with E-state index in [0.717, 1.165) is 45.1 Å². The second kappa shape index (κ2) is 7.59. The van der Waals surface area contributed by atoms with E-state index in [-0.39, 0.29) is 11.3 Å². The Kier molecular flexibility index (Phi) is 5.43. The number of morpholine rings is 1. The number of nitrogens with one attached hydrogen (secondary N) is 1. The van der Waals surface area contributed by atoms with Crippen LogP contribution in [0.15, 0.2) is 18.6 Å². The van der Waals surface area contributed by atoms with E-state index in [0.29, 0.717) is 11.3 Å². The van der Waals surface area contributed by atoms with Gasteiger partial charge in [-0.25, -0.2) is 0 Å². The second-order valence-electron chi connectivity index (χ2n) is 7.72. The van der Waals surface area contributed by atoms with Crippen LogP contribution in [0.3, 0.4) is 0 Å². The van der Waals surface area contributed by atoms with Gasteiger partial charge in [0, 0.05) is 44.5 Å². The van der Waals surface area contributed by atoms with Crippen LogP contribution in [0, 0.1) is 0 Å².